The minimum atomic E-state index is -4.10. The zero-order chi connectivity index (χ0) is 22.3. The number of hydrogen-bond acceptors (Lipinski definition) is 6. The van der Waals surface area contributed by atoms with E-state index >= 15 is 0 Å². The van der Waals surface area contributed by atoms with Crippen LogP contribution in [0.15, 0.2) is 70.4 Å². The zero-order valence-corrected chi connectivity index (χ0v) is 17.2. The Balaban J connectivity index is 1.96. The van der Waals surface area contributed by atoms with Crippen LogP contribution in [0.1, 0.15) is 27.6 Å². The van der Waals surface area contributed by atoms with Crippen molar-refractivity contribution in [2.45, 2.75) is 11.8 Å². The van der Waals surface area contributed by atoms with Crippen LogP contribution in [0.2, 0.25) is 0 Å². The smallest absolute Gasteiger partial charge is 0.266 e. The summed E-state index contributed by atoms with van der Waals surface area (Å²) in [5, 5.41) is 2.09. The normalized spacial score (nSPS) is 13.1. The van der Waals surface area contributed by atoms with E-state index < -0.39 is 27.4 Å². The highest BCUT2D eigenvalue weighted by atomic mass is 32.2. The van der Waals surface area contributed by atoms with Crippen molar-refractivity contribution in [3.63, 3.8) is 0 Å². The van der Waals surface area contributed by atoms with Crippen LogP contribution in [0.25, 0.3) is 5.69 Å². The van der Waals surface area contributed by atoms with Crippen LogP contribution in [-0.2, 0) is 10.0 Å². The van der Waals surface area contributed by atoms with Gasteiger partial charge < -0.3 is 5.73 Å². The molecule has 2 amide bonds. The summed E-state index contributed by atoms with van der Waals surface area (Å²) in [5.41, 5.74) is 5.51. The highest BCUT2D eigenvalue weighted by Gasteiger charge is 2.33. The zero-order valence-electron chi connectivity index (χ0n) is 16.4. The van der Waals surface area contributed by atoms with Crippen molar-refractivity contribution in [3.8, 4) is 5.69 Å². The Morgan fingerprint density at radius 3 is 2.29 bits per heavy atom. The number of pyridine rings is 1. The van der Waals surface area contributed by atoms with Crippen LogP contribution in [-0.4, -0.2) is 31.3 Å². The number of sulfonamides is 1. The fraction of sp³-hybridized carbons (Fsp3) is 0.0952. The second kappa shape index (κ2) is 7.40. The van der Waals surface area contributed by atoms with Gasteiger partial charge in [-0.15, -0.1) is 0 Å². The minimum Gasteiger partial charge on any atom is -0.384 e. The first-order valence-electron chi connectivity index (χ1n) is 9.35. The molecule has 10 heteroatoms. The number of rotatable bonds is 5. The molecule has 4 rings (SSSR count). The molecular formula is C21H18N4O5S. The number of nitrogen functional groups attached to an aromatic ring is 1. The van der Waals surface area contributed by atoms with E-state index in [0.717, 1.165) is 10.6 Å². The molecule has 0 unspecified atom stereocenters. The topological polar surface area (TPSA) is 132 Å². The van der Waals surface area contributed by atoms with Crippen molar-refractivity contribution in [1.29, 1.82) is 0 Å². The van der Waals surface area contributed by atoms with E-state index in [-0.39, 0.29) is 34.1 Å². The van der Waals surface area contributed by atoms with Crippen LogP contribution in [0.3, 0.4) is 0 Å². The number of nitrogens with two attached hydrogens (primary N) is 1. The van der Waals surface area contributed by atoms with Gasteiger partial charge in [0.1, 0.15) is 10.7 Å². The number of amides is 2. The SMILES string of the molecule is CCN(c1ccccc1)S(=O)(=O)c1ccccc1-n1c(N)c2c(cc1=O)C(=O)NC2=O. The third kappa shape index (κ3) is 3.17. The van der Waals surface area contributed by atoms with Crippen LogP contribution < -0.4 is 20.9 Å². The summed E-state index contributed by atoms with van der Waals surface area (Å²) in [5.74, 6) is -1.78. The number of fused-ring (bicyclic) bond motifs is 1. The third-order valence-corrected chi connectivity index (χ3v) is 6.91. The van der Waals surface area contributed by atoms with Crippen molar-refractivity contribution in [2.24, 2.45) is 0 Å². The van der Waals surface area contributed by atoms with Crippen molar-refractivity contribution in [3.05, 3.63) is 82.1 Å². The van der Waals surface area contributed by atoms with Crippen LogP contribution in [0.4, 0.5) is 11.5 Å². The van der Waals surface area contributed by atoms with Crippen molar-refractivity contribution < 1.29 is 18.0 Å². The summed E-state index contributed by atoms with van der Waals surface area (Å²) < 4.78 is 29.3. The molecule has 3 N–H and O–H groups in total. The van der Waals surface area contributed by atoms with Gasteiger partial charge in [0.05, 0.1) is 22.5 Å². The lowest BCUT2D eigenvalue weighted by molar-refractivity contribution is 0.0880. The fourth-order valence-electron chi connectivity index (χ4n) is 3.59. The average molecular weight is 438 g/mol. The molecule has 0 aliphatic carbocycles. The first-order valence-corrected chi connectivity index (χ1v) is 10.8. The summed E-state index contributed by atoms with van der Waals surface area (Å²) in [6.07, 6.45) is 0. The quantitative estimate of drug-likeness (QED) is 0.581. The number of hydrogen-bond donors (Lipinski definition) is 2. The highest BCUT2D eigenvalue weighted by Crippen LogP contribution is 2.30. The Kier molecular flexibility index (Phi) is 4.86. The molecule has 1 aliphatic heterocycles. The predicted octanol–water partition coefficient (Wildman–Crippen LogP) is 1.52. The number of nitrogens with one attached hydrogen (secondary N) is 1. The summed E-state index contributed by atoms with van der Waals surface area (Å²) in [6.45, 7) is 1.84. The molecule has 0 saturated heterocycles. The summed E-state index contributed by atoms with van der Waals surface area (Å²) in [7, 11) is -4.10. The predicted molar refractivity (Wildman–Crippen MR) is 115 cm³/mol. The molecule has 0 spiro atoms. The van der Waals surface area contributed by atoms with E-state index in [0.29, 0.717) is 5.69 Å². The number of carbonyl (C=O) groups excluding carboxylic acids is 2. The molecule has 2 heterocycles. The molecule has 3 aromatic rings. The van der Waals surface area contributed by atoms with Gasteiger partial charge in [-0.3, -0.25) is 28.6 Å². The summed E-state index contributed by atoms with van der Waals surface area (Å²) in [6, 6.07) is 15.4. The Labute approximate surface area is 177 Å². The monoisotopic (exact) mass is 438 g/mol. The molecular weight excluding hydrogens is 420 g/mol. The Morgan fingerprint density at radius 1 is 0.968 bits per heavy atom. The van der Waals surface area contributed by atoms with Gasteiger partial charge in [0.25, 0.3) is 27.4 Å². The molecule has 2 aromatic carbocycles. The number of imide groups is 1. The van der Waals surface area contributed by atoms with Crippen molar-refractivity contribution >= 4 is 33.3 Å². The van der Waals surface area contributed by atoms with Gasteiger partial charge in [-0.25, -0.2) is 8.42 Å². The lowest BCUT2D eigenvalue weighted by atomic mass is 10.1. The molecule has 0 bridgehead atoms. The molecule has 158 valence electrons. The van der Waals surface area contributed by atoms with E-state index in [1.807, 2.05) is 0 Å². The van der Waals surface area contributed by atoms with Crippen molar-refractivity contribution in [2.75, 3.05) is 16.6 Å². The van der Waals surface area contributed by atoms with Gasteiger partial charge in [0.15, 0.2) is 0 Å². The number of nitrogens with zero attached hydrogens (tertiary/aromatic N) is 2. The third-order valence-electron chi connectivity index (χ3n) is 4.96. The molecule has 0 radical (unpaired) electrons. The molecule has 9 nitrogen and oxygen atoms in total. The van der Waals surface area contributed by atoms with E-state index in [4.69, 9.17) is 5.73 Å². The van der Waals surface area contributed by atoms with E-state index in [1.54, 1.807) is 43.3 Å². The van der Waals surface area contributed by atoms with E-state index in [2.05, 4.69) is 5.32 Å². The summed E-state index contributed by atoms with van der Waals surface area (Å²) in [4.78, 5) is 36.7. The number of benzene rings is 2. The summed E-state index contributed by atoms with van der Waals surface area (Å²) >= 11 is 0. The lowest BCUT2D eigenvalue weighted by Gasteiger charge is -2.25. The average Bonchev–Trinajstić information content (AvgIpc) is 3.02. The largest absolute Gasteiger partial charge is 0.384 e. The minimum absolute atomic E-state index is 0.0191. The molecule has 1 aromatic heterocycles. The van der Waals surface area contributed by atoms with Crippen molar-refractivity contribution in [1.82, 2.24) is 9.88 Å². The van der Waals surface area contributed by atoms with Crippen LogP contribution >= 0.6 is 0 Å². The lowest BCUT2D eigenvalue weighted by Crippen LogP contribution is -2.33. The Morgan fingerprint density at radius 2 is 1.61 bits per heavy atom. The second-order valence-corrected chi connectivity index (χ2v) is 8.58. The standard InChI is InChI=1S/C21H18N4O5S/c1-2-24(13-8-4-3-5-9-13)31(29,30)16-11-7-6-10-15(16)25-17(26)12-14-18(19(25)22)21(28)23-20(14)27/h3-12H,2,22H2,1H3,(H,23,27,28). The van der Waals surface area contributed by atoms with Gasteiger partial charge in [-0.05, 0) is 31.2 Å². The molecule has 0 saturated carbocycles. The molecule has 1 aliphatic rings. The van der Waals surface area contributed by atoms with Gasteiger partial charge in [0.2, 0.25) is 0 Å². The highest BCUT2D eigenvalue weighted by molar-refractivity contribution is 7.93. The van der Waals surface area contributed by atoms with Gasteiger partial charge in [-0.2, -0.15) is 0 Å². The Bertz CT molecular complexity index is 1380. The maximum atomic E-state index is 13.6. The van der Waals surface area contributed by atoms with Gasteiger partial charge in [-0.1, -0.05) is 30.3 Å². The van der Waals surface area contributed by atoms with E-state index in [9.17, 15) is 22.8 Å². The van der Waals surface area contributed by atoms with E-state index in [1.165, 1.54) is 22.5 Å². The molecule has 31 heavy (non-hydrogen) atoms. The first-order chi connectivity index (χ1) is 14.8. The van der Waals surface area contributed by atoms with Gasteiger partial charge in [0, 0.05) is 12.6 Å². The second-order valence-electron chi connectivity index (χ2n) is 6.75. The van der Waals surface area contributed by atoms with Gasteiger partial charge >= 0.3 is 0 Å². The fourth-order valence-corrected chi connectivity index (χ4v) is 5.24. The van der Waals surface area contributed by atoms with Crippen LogP contribution in [0, 0.1) is 0 Å². The number of aromatic nitrogens is 1. The molecule has 0 fully saturated rings. The maximum absolute atomic E-state index is 13.6. The van der Waals surface area contributed by atoms with Crippen LogP contribution in [0.5, 0.6) is 0 Å². The number of carbonyl (C=O) groups is 2. The molecule has 0 atom stereocenters. The number of anilines is 2. The Hall–Kier alpha value is -3.92. The number of para-hydroxylation sites is 2. The first kappa shape index (κ1) is 20.4. The maximum Gasteiger partial charge on any atom is 0.266 e.